The van der Waals surface area contributed by atoms with Gasteiger partial charge in [-0.25, -0.2) is 4.79 Å². The average molecular weight is 296 g/mol. The van der Waals surface area contributed by atoms with Crippen LogP contribution < -0.4 is 0 Å². The molecule has 1 heterocycles. The monoisotopic (exact) mass is 296 g/mol. The van der Waals surface area contributed by atoms with Gasteiger partial charge in [0.25, 0.3) is 0 Å². The molecule has 114 valence electrons. The number of hydrogen-bond acceptors (Lipinski definition) is 7. The van der Waals surface area contributed by atoms with Crippen LogP contribution in [0.4, 0.5) is 0 Å². The van der Waals surface area contributed by atoms with Gasteiger partial charge in [-0.15, -0.1) is 0 Å². The first-order chi connectivity index (χ1) is 10.00. The Morgan fingerprint density at radius 1 is 1.29 bits per heavy atom. The van der Waals surface area contributed by atoms with Gasteiger partial charge in [0.05, 0.1) is 19.4 Å². The molecule has 2 bridgehead atoms. The lowest BCUT2D eigenvalue weighted by molar-refractivity contribution is -0.256. The summed E-state index contributed by atoms with van der Waals surface area (Å²) in [5.41, 5.74) is 0.266. The number of carbonyl (C=O) groups excluding carboxylic acids is 3. The first-order valence-corrected chi connectivity index (χ1v) is 6.64. The maximum absolute atomic E-state index is 12.7. The van der Waals surface area contributed by atoms with E-state index in [2.05, 4.69) is 0 Å². The largest absolute Gasteiger partial charge is 0.466 e. The van der Waals surface area contributed by atoms with E-state index in [-0.39, 0.29) is 29.7 Å². The Morgan fingerprint density at radius 2 is 1.95 bits per heavy atom. The summed E-state index contributed by atoms with van der Waals surface area (Å²) < 4.78 is 20.8. The lowest BCUT2D eigenvalue weighted by Gasteiger charge is -2.50. The summed E-state index contributed by atoms with van der Waals surface area (Å²) in [7, 11) is 3.93. The molecule has 7 heteroatoms. The number of fused-ring (bicyclic) bond motifs is 1. The first kappa shape index (κ1) is 14.2. The molecule has 4 aliphatic rings. The Kier molecular flexibility index (Phi) is 3.14. The smallest absolute Gasteiger partial charge is 0.334 e. The second-order valence-electron chi connectivity index (χ2n) is 5.38. The number of allylic oxidation sites excluding steroid dienone is 1. The van der Waals surface area contributed by atoms with Crippen LogP contribution in [0.25, 0.3) is 0 Å². The number of methoxy groups -OCH3 is 3. The average Bonchev–Trinajstić information content (AvgIpc) is 2.89. The minimum Gasteiger partial charge on any atom is -0.466 e. The molecule has 1 saturated carbocycles. The van der Waals surface area contributed by atoms with Crippen LogP contribution in [0, 0.1) is 17.8 Å². The third-order valence-corrected chi connectivity index (χ3v) is 4.66. The van der Waals surface area contributed by atoms with Crippen LogP contribution in [-0.2, 0) is 33.3 Å². The predicted octanol–water partition coefficient (Wildman–Crippen LogP) is -0.165. The summed E-state index contributed by atoms with van der Waals surface area (Å²) in [6.07, 6.45) is 1.11. The Balaban J connectivity index is 2.15. The quantitative estimate of drug-likeness (QED) is 0.528. The van der Waals surface area contributed by atoms with Crippen molar-refractivity contribution in [2.45, 2.75) is 18.3 Å². The van der Waals surface area contributed by atoms with Gasteiger partial charge in [-0.3, -0.25) is 9.59 Å². The minimum atomic E-state index is -1.62. The van der Waals surface area contributed by atoms with Gasteiger partial charge in [-0.2, -0.15) is 0 Å². The van der Waals surface area contributed by atoms with Gasteiger partial charge in [0.2, 0.25) is 5.79 Å². The van der Waals surface area contributed by atoms with Crippen molar-refractivity contribution < 1.29 is 33.3 Å². The van der Waals surface area contributed by atoms with Crippen molar-refractivity contribution in [1.82, 2.24) is 0 Å². The normalized spacial score (nSPS) is 36.0. The lowest BCUT2D eigenvalue weighted by atomic mass is 9.59. The number of esters is 2. The molecule has 0 aromatic rings. The van der Waals surface area contributed by atoms with Gasteiger partial charge >= 0.3 is 11.9 Å². The highest BCUT2D eigenvalue weighted by Crippen LogP contribution is 2.54. The molecule has 0 aromatic carbocycles. The molecule has 2 fully saturated rings. The maximum atomic E-state index is 12.7. The van der Waals surface area contributed by atoms with E-state index >= 15 is 0 Å². The van der Waals surface area contributed by atoms with Crippen LogP contribution in [0.5, 0.6) is 0 Å². The lowest BCUT2D eigenvalue weighted by Crippen LogP contribution is -2.66. The molecule has 4 rings (SSSR count). The van der Waals surface area contributed by atoms with Gasteiger partial charge < -0.3 is 18.9 Å². The molecule has 4 unspecified atom stereocenters. The third kappa shape index (κ3) is 1.64. The topological polar surface area (TPSA) is 88.1 Å². The van der Waals surface area contributed by atoms with E-state index in [1.807, 2.05) is 0 Å². The van der Waals surface area contributed by atoms with Crippen LogP contribution >= 0.6 is 0 Å². The van der Waals surface area contributed by atoms with Gasteiger partial charge in [0.15, 0.2) is 5.78 Å². The second-order valence-corrected chi connectivity index (χ2v) is 5.38. The summed E-state index contributed by atoms with van der Waals surface area (Å²) in [5, 5.41) is 0. The van der Waals surface area contributed by atoms with Crippen molar-refractivity contribution in [1.29, 1.82) is 0 Å². The molecule has 1 aliphatic heterocycles. The standard InChI is InChI=1S/C14H16O7/c1-18-13(17)8-4-7-6-5-9(15)21-11(6)10(8)14(19-2,20-3)12(7)16/h4,6-7,10-11H,5H2,1-3H3. The second kappa shape index (κ2) is 4.64. The van der Waals surface area contributed by atoms with Crippen LogP contribution in [0.3, 0.4) is 0 Å². The zero-order valence-corrected chi connectivity index (χ0v) is 12.0. The van der Waals surface area contributed by atoms with E-state index in [1.54, 1.807) is 6.08 Å². The molecule has 0 spiro atoms. The van der Waals surface area contributed by atoms with E-state index in [0.717, 1.165) is 0 Å². The molecular weight excluding hydrogens is 280 g/mol. The zero-order chi connectivity index (χ0) is 15.4. The fourth-order valence-corrected chi connectivity index (χ4v) is 3.77. The predicted molar refractivity (Wildman–Crippen MR) is 66.8 cm³/mol. The summed E-state index contributed by atoms with van der Waals surface area (Å²) in [4.78, 5) is 36.3. The van der Waals surface area contributed by atoms with Crippen molar-refractivity contribution in [2.24, 2.45) is 17.8 Å². The van der Waals surface area contributed by atoms with Gasteiger partial charge in [-0.05, 0) is 0 Å². The van der Waals surface area contributed by atoms with Crippen LogP contribution in [0.15, 0.2) is 11.6 Å². The highest BCUT2D eigenvalue weighted by Gasteiger charge is 2.68. The summed E-state index contributed by atoms with van der Waals surface area (Å²) in [6, 6.07) is 0. The Bertz CT molecular complexity index is 546. The van der Waals surface area contributed by atoms with Crippen LogP contribution in [0.1, 0.15) is 6.42 Å². The molecule has 3 aliphatic carbocycles. The Labute approximate surface area is 121 Å². The fraction of sp³-hybridized carbons (Fsp3) is 0.643. The Morgan fingerprint density at radius 3 is 2.52 bits per heavy atom. The molecule has 7 nitrogen and oxygen atoms in total. The summed E-state index contributed by atoms with van der Waals surface area (Å²) in [5.74, 6) is -4.59. The van der Waals surface area contributed by atoms with Crippen molar-refractivity contribution >= 4 is 17.7 Å². The molecule has 0 aromatic heterocycles. The van der Waals surface area contributed by atoms with Crippen molar-refractivity contribution in [3.05, 3.63) is 11.6 Å². The Hall–Kier alpha value is -1.73. The van der Waals surface area contributed by atoms with Crippen LogP contribution in [-0.4, -0.2) is 50.9 Å². The summed E-state index contributed by atoms with van der Waals surface area (Å²) >= 11 is 0. The SMILES string of the molecule is COC(=O)C1=CC2C(=O)C(OC)(OC)C1C1OC(=O)CC21. The highest BCUT2D eigenvalue weighted by atomic mass is 16.7. The first-order valence-electron chi connectivity index (χ1n) is 6.64. The third-order valence-electron chi connectivity index (χ3n) is 4.66. The van der Waals surface area contributed by atoms with E-state index in [1.165, 1.54) is 21.3 Å². The fourth-order valence-electron chi connectivity index (χ4n) is 3.77. The highest BCUT2D eigenvalue weighted by molar-refractivity contribution is 6.01. The molecule has 0 radical (unpaired) electrons. The number of rotatable bonds is 3. The van der Waals surface area contributed by atoms with Crippen molar-refractivity contribution in [3.63, 3.8) is 0 Å². The molecule has 4 atom stereocenters. The van der Waals surface area contributed by atoms with E-state index < -0.39 is 29.7 Å². The van der Waals surface area contributed by atoms with Gasteiger partial charge in [0, 0.05) is 31.6 Å². The van der Waals surface area contributed by atoms with Crippen molar-refractivity contribution in [2.75, 3.05) is 21.3 Å². The molecule has 1 saturated heterocycles. The maximum Gasteiger partial charge on any atom is 0.334 e. The number of ketones is 1. The van der Waals surface area contributed by atoms with E-state index in [4.69, 9.17) is 18.9 Å². The molecular formula is C14H16O7. The minimum absolute atomic E-state index is 0.159. The van der Waals surface area contributed by atoms with Crippen molar-refractivity contribution in [3.8, 4) is 0 Å². The number of hydrogen-bond donors (Lipinski definition) is 0. The number of ether oxygens (including phenoxy) is 4. The van der Waals surface area contributed by atoms with Gasteiger partial charge in [-0.1, -0.05) is 6.08 Å². The van der Waals surface area contributed by atoms with E-state index in [0.29, 0.717) is 0 Å². The molecule has 0 N–H and O–H groups in total. The van der Waals surface area contributed by atoms with Gasteiger partial charge in [0.1, 0.15) is 6.10 Å². The summed E-state index contributed by atoms with van der Waals surface area (Å²) in [6.45, 7) is 0. The molecule has 21 heavy (non-hydrogen) atoms. The van der Waals surface area contributed by atoms with E-state index in [9.17, 15) is 14.4 Å². The zero-order valence-electron chi connectivity index (χ0n) is 12.0. The van der Waals surface area contributed by atoms with Crippen LogP contribution in [0.2, 0.25) is 0 Å². The number of carbonyl (C=O) groups is 3. The molecule has 0 amide bonds. The number of Topliss-reactive ketones (excluding diaryl/α,β-unsaturated/α-hetero) is 1.